The Morgan fingerprint density at radius 3 is 2.50 bits per heavy atom. The third-order valence-corrected chi connectivity index (χ3v) is 6.14. The van der Waals surface area contributed by atoms with Crippen molar-refractivity contribution in [3.8, 4) is 0 Å². The number of aromatic nitrogens is 2. The van der Waals surface area contributed by atoms with E-state index in [1.807, 2.05) is 37.3 Å². The first-order chi connectivity index (χ1) is 13.5. The molecular weight excluding hydrogens is 370 g/mol. The molecule has 0 amide bonds. The fraction of sp³-hybridized carbons (Fsp3) is 0.136. The maximum Gasteiger partial charge on any atom is 0.261 e. The normalized spacial score (nSPS) is 11.6. The van der Waals surface area contributed by atoms with Crippen LogP contribution >= 0.6 is 0 Å². The summed E-state index contributed by atoms with van der Waals surface area (Å²) in [7, 11) is -3.64. The average molecular weight is 391 g/mol. The molecule has 0 fully saturated rings. The molecule has 3 aromatic carbocycles. The summed E-state index contributed by atoms with van der Waals surface area (Å²) in [5, 5.41) is 6.65. The topological polar surface area (TPSA) is 64.0 Å². The lowest BCUT2D eigenvalue weighted by atomic mass is 10.0. The van der Waals surface area contributed by atoms with Crippen molar-refractivity contribution in [1.29, 1.82) is 0 Å². The Balaban J connectivity index is 1.54. The number of hydrogen-bond acceptors (Lipinski definition) is 3. The van der Waals surface area contributed by atoms with Gasteiger partial charge < -0.3 is 0 Å². The predicted molar refractivity (Wildman–Crippen MR) is 112 cm³/mol. The molecule has 4 aromatic rings. The molecular formula is C22H21N3O2S. The summed E-state index contributed by atoms with van der Waals surface area (Å²) < 4.78 is 29.5. The van der Waals surface area contributed by atoms with Crippen molar-refractivity contribution in [2.45, 2.75) is 24.8 Å². The number of sulfonamides is 1. The molecule has 0 saturated heterocycles. The van der Waals surface area contributed by atoms with E-state index in [2.05, 4.69) is 34.1 Å². The van der Waals surface area contributed by atoms with Crippen LogP contribution in [0.2, 0.25) is 0 Å². The molecule has 0 bridgehead atoms. The van der Waals surface area contributed by atoms with Gasteiger partial charge in [0.25, 0.3) is 10.0 Å². The van der Waals surface area contributed by atoms with E-state index in [1.165, 1.54) is 17.0 Å². The number of aryl methyl sites for hydroxylation is 1. The van der Waals surface area contributed by atoms with Gasteiger partial charge >= 0.3 is 0 Å². The lowest BCUT2D eigenvalue weighted by Gasteiger charge is -2.07. The van der Waals surface area contributed by atoms with E-state index < -0.39 is 10.0 Å². The van der Waals surface area contributed by atoms with Gasteiger partial charge in [-0.2, -0.15) is 5.10 Å². The van der Waals surface area contributed by atoms with Crippen molar-refractivity contribution in [2.75, 3.05) is 4.72 Å². The van der Waals surface area contributed by atoms with Crippen LogP contribution in [-0.2, 0) is 23.0 Å². The molecule has 5 nitrogen and oxygen atoms in total. The Kier molecular flexibility index (Phi) is 4.88. The summed E-state index contributed by atoms with van der Waals surface area (Å²) in [6.45, 7) is 2.60. The zero-order valence-corrected chi connectivity index (χ0v) is 16.4. The second-order valence-electron chi connectivity index (χ2n) is 6.67. The van der Waals surface area contributed by atoms with Crippen molar-refractivity contribution in [3.05, 3.63) is 90.3 Å². The standard InChI is InChI=1S/C22H21N3O2S/c1-2-17-10-12-21(13-11-17)28(26,27)24-20-14-23-25(16-20)15-19-8-5-7-18-6-3-4-9-22(18)19/h3-14,16,24H,2,15H2,1H3. The summed E-state index contributed by atoms with van der Waals surface area (Å²) in [5.41, 5.74) is 2.67. The van der Waals surface area contributed by atoms with Crippen molar-refractivity contribution in [1.82, 2.24) is 9.78 Å². The highest BCUT2D eigenvalue weighted by molar-refractivity contribution is 7.92. The summed E-state index contributed by atoms with van der Waals surface area (Å²) >= 11 is 0. The molecule has 0 atom stereocenters. The molecule has 1 aromatic heterocycles. The number of nitrogens with one attached hydrogen (secondary N) is 1. The highest BCUT2D eigenvalue weighted by Gasteiger charge is 2.15. The van der Waals surface area contributed by atoms with Crippen LogP contribution < -0.4 is 4.72 Å². The first-order valence-electron chi connectivity index (χ1n) is 9.16. The molecule has 1 heterocycles. The van der Waals surface area contributed by atoms with Gasteiger partial charge in [-0.25, -0.2) is 8.42 Å². The minimum Gasteiger partial charge on any atom is -0.276 e. The van der Waals surface area contributed by atoms with E-state index in [-0.39, 0.29) is 4.90 Å². The Morgan fingerprint density at radius 1 is 0.964 bits per heavy atom. The smallest absolute Gasteiger partial charge is 0.261 e. The van der Waals surface area contributed by atoms with Gasteiger partial charge in [0.15, 0.2) is 0 Å². The summed E-state index contributed by atoms with van der Waals surface area (Å²) in [5.74, 6) is 0. The van der Waals surface area contributed by atoms with Crippen LogP contribution in [-0.4, -0.2) is 18.2 Å². The number of anilines is 1. The van der Waals surface area contributed by atoms with Crippen molar-refractivity contribution < 1.29 is 8.42 Å². The first-order valence-corrected chi connectivity index (χ1v) is 10.6. The number of benzene rings is 3. The van der Waals surface area contributed by atoms with Gasteiger partial charge in [0.2, 0.25) is 0 Å². The molecule has 0 aliphatic carbocycles. The van der Waals surface area contributed by atoms with E-state index in [4.69, 9.17) is 0 Å². The zero-order valence-electron chi connectivity index (χ0n) is 15.5. The van der Waals surface area contributed by atoms with Crippen LogP contribution in [0.15, 0.2) is 84.0 Å². The largest absolute Gasteiger partial charge is 0.276 e. The number of nitrogens with zero attached hydrogens (tertiary/aromatic N) is 2. The van der Waals surface area contributed by atoms with Crippen molar-refractivity contribution in [2.24, 2.45) is 0 Å². The average Bonchev–Trinajstić information content (AvgIpc) is 3.14. The fourth-order valence-corrected chi connectivity index (χ4v) is 4.25. The number of hydrogen-bond donors (Lipinski definition) is 1. The van der Waals surface area contributed by atoms with Crippen molar-refractivity contribution in [3.63, 3.8) is 0 Å². The summed E-state index contributed by atoms with van der Waals surface area (Å²) in [6.07, 6.45) is 4.11. The van der Waals surface area contributed by atoms with Gasteiger partial charge in [-0.3, -0.25) is 9.40 Å². The molecule has 142 valence electrons. The summed E-state index contributed by atoms with van der Waals surface area (Å²) in [6, 6.07) is 21.3. The lowest BCUT2D eigenvalue weighted by Crippen LogP contribution is -2.12. The minimum atomic E-state index is -3.64. The number of rotatable bonds is 6. The third-order valence-electron chi connectivity index (χ3n) is 4.74. The molecule has 0 unspecified atom stereocenters. The second kappa shape index (κ2) is 7.48. The molecule has 0 spiro atoms. The van der Waals surface area contributed by atoms with Gasteiger partial charge in [0.1, 0.15) is 0 Å². The van der Waals surface area contributed by atoms with Crippen LogP contribution in [0.1, 0.15) is 18.1 Å². The molecule has 1 N–H and O–H groups in total. The van der Waals surface area contributed by atoms with Crippen LogP contribution in [0.3, 0.4) is 0 Å². The zero-order chi connectivity index (χ0) is 19.6. The molecule has 0 aliphatic heterocycles. The van der Waals surface area contributed by atoms with Gasteiger partial charge in [-0.1, -0.05) is 61.5 Å². The van der Waals surface area contributed by atoms with E-state index in [0.29, 0.717) is 12.2 Å². The van der Waals surface area contributed by atoms with Crippen LogP contribution in [0.25, 0.3) is 10.8 Å². The van der Waals surface area contributed by atoms with Crippen LogP contribution in [0.4, 0.5) is 5.69 Å². The quantitative estimate of drug-likeness (QED) is 0.528. The summed E-state index contributed by atoms with van der Waals surface area (Å²) in [4.78, 5) is 0.242. The Labute approximate surface area is 164 Å². The SMILES string of the molecule is CCc1ccc(S(=O)(=O)Nc2cnn(Cc3cccc4ccccc34)c2)cc1. The van der Waals surface area contributed by atoms with E-state index in [1.54, 1.807) is 23.0 Å². The van der Waals surface area contributed by atoms with E-state index in [0.717, 1.165) is 17.5 Å². The van der Waals surface area contributed by atoms with Gasteiger partial charge in [0.05, 0.1) is 23.3 Å². The fourth-order valence-electron chi connectivity index (χ4n) is 3.23. The molecule has 0 aliphatic rings. The molecule has 6 heteroatoms. The van der Waals surface area contributed by atoms with Gasteiger partial charge in [-0.15, -0.1) is 0 Å². The highest BCUT2D eigenvalue weighted by atomic mass is 32.2. The third kappa shape index (κ3) is 3.77. The van der Waals surface area contributed by atoms with E-state index in [9.17, 15) is 8.42 Å². The molecule has 0 radical (unpaired) electrons. The lowest BCUT2D eigenvalue weighted by molar-refractivity contribution is 0.601. The first kappa shape index (κ1) is 18.3. The second-order valence-corrected chi connectivity index (χ2v) is 8.35. The number of fused-ring (bicyclic) bond motifs is 1. The van der Waals surface area contributed by atoms with Gasteiger partial charge in [0, 0.05) is 6.20 Å². The maximum atomic E-state index is 12.6. The van der Waals surface area contributed by atoms with Gasteiger partial charge in [-0.05, 0) is 40.5 Å². The van der Waals surface area contributed by atoms with Crippen LogP contribution in [0.5, 0.6) is 0 Å². The highest BCUT2D eigenvalue weighted by Crippen LogP contribution is 2.21. The Morgan fingerprint density at radius 2 is 1.71 bits per heavy atom. The minimum absolute atomic E-state index is 0.242. The van der Waals surface area contributed by atoms with Crippen LogP contribution in [0, 0.1) is 0 Å². The Bertz CT molecular complexity index is 1210. The predicted octanol–water partition coefficient (Wildman–Crippen LogP) is 4.45. The van der Waals surface area contributed by atoms with E-state index >= 15 is 0 Å². The molecule has 28 heavy (non-hydrogen) atoms. The maximum absolute atomic E-state index is 12.6. The Hall–Kier alpha value is -3.12. The molecule has 0 saturated carbocycles. The monoisotopic (exact) mass is 391 g/mol. The molecule has 4 rings (SSSR count). The van der Waals surface area contributed by atoms with Crippen molar-refractivity contribution >= 4 is 26.5 Å².